The number of methoxy groups -OCH3 is 1. The van der Waals surface area contributed by atoms with Crippen LogP contribution >= 0.6 is 0 Å². The Kier molecular flexibility index (Phi) is 4.30. The van der Waals surface area contributed by atoms with Gasteiger partial charge in [-0.05, 0) is 18.9 Å². The molecule has 1 aliphatic carbocycles. The van der Waals surface area contributed by atoms with Gasteiger partial charge in [0, 0.05) is 11.5 Å². The van der Waals surface area contributed by atoms with E-state index >= 15 is 0 Å². The summed E-state index contributed by atoms with van der Waals surface area (Å²) in [6.45, 7) is 0.940. The van der Waals surface area contributed by atoms with Crippen LogP contribution in [0, 0.1) is 23.0 Å². The molecule has 0 aliphatic heterocycles. The number of rotatable bonds is 3. The first-order valence-corrected chi connectivity index (χ1v) is 6.83. The predicted octanol–water partition coefficient (Wildman–Crippen LogP) is 4.12. The molecule has 128 valence electrons. The van der Waals surface area contributed by atoms with E-state index in [0.29, 0.717) is 0 Å². The minimum Gasteiger partial charge on any atom is -0.493 e. The highest BCUT2D eigenvalue weighted by Gasteiger charge is 2.60. The number of hydrogen-bond acceptors (Lipinski definition) is 2. The lowest BCUT2D eigenvalue weighted by Crippen LogP contribution is -2.33. The number of carboxylic acids is 1. The molecule has 0 radical (unpaired) electrons. The van der Waals surface area contributed by atoms with Gasteiger partial charge >= 0.3 is 12.1 Å². The summed E-state index contributed by atoms with van der Waals surface area (Å²) in [5.41, 5.74) is -2.27. The van der Waals surface area contributed by atoms with Crippen molar-refractivity contribution < 1.29 is 36.6 Å². The van der Waals surface area contributed by atoms with Gasteiger partial charge < -0.3 is 9.84 Å². The fourth-order valence-electron chi connectivity index (χ4n) is 3.20. The Morgan fingerprint density at radius 1 is 1.30 bits per heavy atom. The minimum atomic E-state index is -4.60. The van der Waals surface area contributed by atoms with E-state index in [1.165, 1.54) is 0 Å². The SMILES string of the molecule is COc1c(C2CC(C)(C(F)(F)F)CC2C(=O)O)ccc(F)c1F. The molecule has 1 aromatic carbocycles. The van der Waals surface area contributed by atoms with Crippen LogP contribution in [-0.2, 0) is 4.79 Å². The largest absolute Gasteiger partial charge is 0.493 e. The number of alkyl halides is 3. The van der Waals surface area contributed by atoms with Crippen molar-refractivity contribution in [1.82, 2.24) is 0 Å². The summed E-state index contributed by atoms with van der Waals surface area (Å²) in [6, 6.07) is 1.84. The van der Waals surface area contributed by atoms with Crippen molar-refractivity contribution >= 4 is 5.97 Å². The number of ether oxygens (including phenoxy) is 1. The third kappa shape index (κ3) is 2.86. The van der Waals surface area contributed by atoms with Gasteiger partial charge in [-0.1, -0.05) is 13.0 Å². The van der Waals surface area contributed by atoms with Crippen LogP contribution < -0.4 is 4.74 Å². The number of carbonyl (C=O) groups is 1. The fraction of sp³-hybridized carbons (Fsp3) is 0.533. The van der Waals surface area contributed by atoms with E-state index < -0.39 is 59.6 Å². The second kappa shape index (κ2) is 5.65. The van der Waals surface area contributed by atoms with E-state index in [9.17, 15) is 31.9 Å². The fourth-order valence-corrected chi connectivity index (χ4v) is 3.20. The molecule has 8 heteroatoms. The van der Waals surface area contributed by atoms with Gasteiger partial charge in [0.2, 0.25) is 5.82 Å². The van der Waals surface area contributed by atoms with E-state index in [0.717, 1.165) is 26.2 Å². The molecule has 2 rings (SSSR count). The molecule has 0 aromatic heterocycles. The van der Waals surface area contributed by atoms with Gasteiger partial charge in [-0.2, -0.15) is 17.6 Å². The Morgan fingerprint density at radius 2 is 1.91 bits per heavy atom. The Hall–Kier alpha value is -1.86. The van der Waals surface area contributed by atoms with Gasteiger partial charge in [0.15, 0.2) is 11.6 Å². The molecule has 1 aliphatic rings. The number of halogens is 5. The van der Waals surface area contributed by atoms with Gasteiger partial charge in [-0.3, -0.25) is 4.79 Å². The highest BCUT2D eigenvalue weighted by molar-refractivity contribution is 5.72. The topological polar surface area (TPSA) is 46.5 Å². The molecular weight excluding hydrogens is 323 g/mol. The number of benzene rings is 1. The van der Waals surface area contributed by atoms with Crippen LogP contribution in [0.4, 0.5) is 22.0 Å². The smallest absolute Gasteiger partial charge is 0.394 e. The molecule has 0 bridgehead atoms. The number of hydrogen-bond donors (Lipinski definition) is 1. The number of carboxylic acid groups (broad SMARTS) is 1. The van der Waals surface area contributed by atoms with Gasteiger partial charge in [-0.15, -0.1) is 0 Å². The van der Waals surface area contributed by atoms with Crippen LogP contribution in [-0.4, -0.2) is 24.4 Å². The Morgan fingerprint density at radius 3 is 2.39 bits per heavy atom. The van der Waals surface area contributed by atoms with Crippen LogP contribution in [0.3, 0.4) is 0 Å². The Bertz CT molecular complexity index is 628. The molecule has 1 saturated carbocycles. The summed E-state index contributed by atoms with van der Waals surface area (Å²) >= 11 is 0. The molecular formula is C15H15F5O3. The Labute approximate surface area is 129 Å². The van der Waals surface area contributed by atoms with Gasteiger partial charge in [-0.25, -0.2) is 4.39 Å². The molecule has 0 spiro atoms. The number of aliphatic carboxylic acids is 1. The van der Waals surface area contributed by atoms with Gasteiger partial charge in [0.1, 0.15) is 0 Å². The van der Waals surface area contributed by atoms with E-state index in [1.54, 1.807) is 0 Å². The lowest BCUT2D eigenvalue weighted by Gasteiger charge is -2.27. The van der Waals surface area contributed by atoms with Crippen molar-refractivity contribution in [1.29, 1.82) is 0 Å². The van der Waals surface area contributed by atoms with Crippen LogP contribution in [0.5, 0.6) is 5.75 Å². The second-order valence-corrected chi connectivity index (χ2v) is 6.00. The lowest BCUT2D eigenvalue weighted by molar-refractivity contribution is -0.216. The zero-order valence-corrected chi connectivity index (χ0v) is 12.4. The van der Waals surface area contributed by atoms with Crippen LogP contribution in [0.1, 0.15) is 31.2 Å². The monoisotopic (exact) mass is 338 g/mol. The summed E-state index contributed by atoms with van der Waals surface area (Å²) < 4.78 is 71.6. The van der Waals surface area contributed by atoms with E-state index in [4.69, 9.17) is 4.74 Å². The molecule has 0 saturated heterocycles. The minimum absolute atomic E-state index is 0.0632. The van der Waals surface area contributed by atoms with Crippen molar-refractivity contribution in [2.45, 2.75) is 31.9 Å². The molecule has 3 atom stereocenters. The first kappa shape index (κ1) is 17.5. The van der Waals surface area contributed by atoms with Crippen molar-refractivity contribution in [3.05, 3.63) is 29.3 Å². The average Bonchev–Trinajstić information content (AvgIpc) is 2.81. The predicted molar refractivity (Wildman–Crippen MR) is 70.2 cm³/mol. The third-order valence-corrected chi connectivity index (χ3v) is 4.51. The molecule has 1 aromatic rings. The van der Waals surface area contributed by atoms with E-state index in [1.807, 2.05) is 0 Å². The van der Waals surface area contributed by atoms with Crippen molar-refractivity contribution in [2.75, 3.05) is 7.11 Å². The van der Waals surface area contributed by atoms with Crippen LogP contribution in [0.25, 0.3) is 0 Å². The molecule has 1 fully saturated rings. The molecule has 0 amide bonds. The summed E-state index contributed by atoms with van der Waals surface area (Å²) in [7, 11) is 1.05. The molecule has 1 N–H and O–H groups in total. The molecule has 3 nitrogen and oxygen atoms in total. The third-order valence-electron chi connectivity index (χ3n) is 4.51. The molecule has 3 unspecified atom stereocenters. The van der Waals surface area contributed by atoms with E-state index in [2.05, 4.69) is 0 Å². The maximum atomic E-state index is 13.8. The van der Waals surface area contributed by atoms with Crippen LogP contribution in [0.15, 0.2) is 12.1 Å². The standard InChI is InChI=1S/C15H15F5O3/c1-14(15(18,19)20)5-8(9(6-14)13(21)22)7-3-4-10(16)11(17)12(7)23-2/h3-4,8-9H,5-6H2,1-2H3,(H,21,22). The zero-order valence-electron chi connectivity index (χ0n) is 12.4. The maximum absolute atomic E-state index is 13.8. The average molecular weight is 338 g/mol. The Balaban J connectivity index is 2.53. The highest BCUT2D eigenvalue weighted by atomic mass is 19.4. The first-order chi connectivity index (χ1) is 10.5. The zero-order chi connectivity index (χ0) is 17.6. The van der Waals surface area contributed by atoms with Gasteiger partial charge in [0.05, 0.1) is 18.4 Å². The first-order valence-electron chi connectivity index (χ1n) is 6.83. The van der Waals surface area contributed by atoms with Gasteiger partial charge in [0.25, 0.3) is 0 Å². The lowest BCUT2D eigenvalue weighted by atomic mass is 9.85. The second-order valence-electron chi connectivity index (χ2n) is 6.00. The summed E-state index contributed by atoms with van der Waals surface area (Å²) in [5, 5.41) is 9.25. The summed E-state index contributed by atoms with van der Waals surface area (Å²) in [4.78, 5) is 11.4. The van der Waals surface area contributed by atoms with Crippen LogP contribution in [0.2, 0.25) is 0 Å². The van der Waals surface area contributed by atoms with E-state index in [-0.39, 0.29) is 5.56 Å². The van der Waals surface area contributed by atoms with Crippen molar-refractivity contribution in [3.8, 4) is 5.75 Å². The van der Waals surface area contributed by atoms with Crippen molar-refractivity contribution in [3.63, 3.8) is 0 Å². The molecule has 0 heterocycles. The van der Waals surface area contributed by atoms with Crippen molar-refractivity contribution in [2.24, 2.45) is 11.3 Å². The highest BCUT2D eigenvalue weighted by Crippen LogP contribution is 2.58. The summed E-state index contributed by atoms with van der Waals surface area (Å²) in [6.07, 6.45) is -5.76. The summed E-state index contributed by atoms with van der Waals surface area (Å²) in [5.74, 6) is -6.99. The normalized spacial score (nSPS) is 28.0. The maximum Gasteiger partial charge on any atom is 0.394 e. The molecule has 23 heavy (non-hydrogen) atoms. The quantitative estimate of drug-likeness (QED) is 0.844.